The molecule has 4 N–H and O–H groups in total. The molecule has 0 bridgehead atoms. The molecule has 0 spiro atoms. The number of amides is 3. The lowest BCUT2D eigenvalue weighted by molar-refractivity contribution is -0.134. The topological polar surface area (TPSA) is 116 Å². The monoisotopic (exact) mass is 632 g/mol. The van der Waals surface area contributed by atoms with Gasteiger partial charge in [-0.25, -0.2) is 0 Å². The molecule has 8 heteroatoms. The van der Waals surface area contributed by atoms with Gasteiger partial charge in [-0.1, -0.05) is 109 Å². The molecule has 0 unspecified atom stereocenters. The molecule has 4 atom stereocenters. The minimum Gasteiger partial charge on any atom is -0.344 e. The summed E-state index contributed by atoms with van der Waals surface area (Å²) in [5, 5.41) is 12.4. The van der Waals surface area contributed by atoms with Crippen LogP contribution in [0.4, 0.5) is 0 Å². The van der Waals surface area contributed by atoms with E-state index in [9.17, 15) is 19.2 Å². The van der Waals surface area contributed by atoms with E-state index in [1.54, 1.807) is 0 Å². The summed E-state index contributed by atoms with van der Waals surface area (Å²) in [7, 11) is 0. The van der Waals surface area contributed by atoms with Crippen LogP contribution in [0.25, 0.3) is 0 Å². The van der Waals surface area contributed by atoms with E-state index in [0.717, 1.165) is 24.0 Å². The van der Waals surface area contributed by atoms with E-state index in [-0.39, 0.29) is 36.0 Å². The van der Waals surface area contributed by atoms with Crippen LogP contribution < -0.4 is 21.3 Å². The Labute approximate surface area is 276 Å². The highest BCUT2D eigenvalue weighted by molar-refractivity contribution is 5.97. The van der Waals surface area contributed by atoms with Crippen LogP contribution in [0.5, 0.6) is 0 Å². The highest BCUT2D eigenvalue weighted by atomic mass is 16.2. The quantitative estimate of drug-likeness (QED) is 0.171. The standard InChI is InChI=1S/C38H56N4O4/c1-25(2)22-31(34(43)38(7)20-21-38)40-37(46)33(24-29-16-12-9-13-17-29)42-36(45)32(23-26(3)4)41-35(44)30(39-27(5)6)19-18-28-14-10-8-11-15-28/h8-17,25-27,30-33,39H,18-24H2,1-7H3,(H,40,46)(H,41,44)(H,42,45)/t30-,31-,32-,33-/m0/s1. The number of hydrogen-bond acceptors (Lipinski definition) is 5. The second kappa shape index (κ2) is 17.4. The van der Waals surface area contributed by atoms with Crippen molar-refractivity contribution >= 4 is 23.5 Å². The number of nitrogens with one attached hydrogen (secondary N) is 4. The Balaban J connectivity index is 1.79. The molecule has 0 radical (unpaired) electrons. The zero-order valence-corrected chi connectivity index (χ0v) is 28.9. The summed E-state index contributed by atoms with van der Waals surface area (Å²) in [6.07, 6.45) is 4.16. The van der Waals surface area contributed by atoms with Crippen LogP contribution in [-0.2, 0) is 32.0 Å². The van der Waals surface area contributed by atoms with E-state index in [0.29, 0.717) is 25.7 Å². The van der Waals surface area contributed by atoms with Crippen molar-refractivity contribution in [2.24, 2.45) is 17.3 Å². The number of benzene rings is 2. The molecular formula is C38H56N4O4. The summed E-state index contributed by atoms with van der Waals surface area (Å²) >= 11 is 0. The first kappa shape index (κ1) is 36.9. The maximum Gasteiger partial charge on any atom is 0.243 e. The van der Waals surface area contributed by atoms with Gasteiger partial charge in [0.25, 0.3) is 0 Å². The van der Waals surface area contributed by atoms with E-state index < -0.39 is 41.4 Å². The van der Waals surface area contributed by atoms with Crippen molar-refractivity contribution in [3.63, 3.8) is 0 Å². The minimum atomic E-state index is -0.918. The summed E-state index contributed by atoms with van der Waals surface area (Å²) < 4.78 is 0. The molecule has 252 valence electrons. The van der Waals surface area contributed by atoms with Gasteiger partial charge in [0.05, 0.1) is 12.1 Å². The summed E-state index contributed by atoms with van der Waals surface area (Å²) in [6, 6.07) is 16.8. The fraction of sp³-hybridized carbons (Fsp3) is 0.579. The first-order valence-corrected chi connectivity index (χ1v) is 17.1. The molecule has 46 heavy (non-hydrogen) atoms. The third kappa shape index (κ3) is 12.0. The molecule has 0 heterocycles. The van der Waals surface area contributed by atoms with Crippen LogP contribution >= 0.6 is 0 Å². The Kier molecular flexibility index (Phi) is 14.0. The number of aryl methyl sites for hydroxylation is 1. The molecular weight excluding hydrogens is 576 g/mol. The maximum absolute atomic E-state index is 13.9. The van der Waals surface area contributed by atoms with Gasteiger partial charge >= 0.3 is 0 Å². The average Bonchev–Trinajstić information content (AvgIpc) is 3.76. The fourth-order valence-electron chi connectivity index (χ4n) is 5.78. The number of hydrogen-bond donors (Lipinski definition) is 4. The highest BCUT2D eigenvalue weighted by Crippen LogP contribution is 2.47. The van der Waals surface area contributed by atoms with Crippen LogP contribution in [0.1, 0.15) is 91.7 Å². The summed E-state index contributed by atoms with van der Waals surface area (Å²) in [5.41, 5.74) is 1.64. The predicted octanol–water partition coefficient (Wildman–Crippen LogP) is 5.14. The van der Waals surface area contributed by atoms with Crippen molar-refractivity contribution in [1.29, 1.82) is 0 Å². The van der Waals surface area contributed by atoms with E-state index in [1.165, 1.54) is 0 Å². The van der Waals surface area contributed by atoms with Gasteiger partial charge in [0.1, 0.15) is 12.1 Å². The van der Waals surface area contributed by atoms with Gasteiger partial charge in [0.15, 0.2) is 5.78 Å². The molecule has 3 rings (SSSR count). The smallest absolute Gasteiger partial charge is 0.243 e. The van der Waals surface area contributed by atoms with Crippen LogP contribution in [-0.4, -0.2) is 53.7 Å². The van der Waals surface area contributed by atoms with Crippen molar-refractivity contribution < 1.29 is 19.2 Å². The lowest BCUT2D eigenvalue weighted by atomic mass is 9.91. The number of Topliss-reactive ketones (excluding diaryl/α,β-unsaturated/α-hetero) is 1. The van der Waals surface area contributed by atoms with Gasteiger partial charge in [0, 0.05) is 17.9 Å². The molecule has 1 aliphatic carbocycles. The number of rotatable bonds is 19. The van der Waals surface area contributed by atoms with Crippen molar-refractivity contribution in [2.45, 2.75) is 124 Å². The molecule has 3 amide bonds. The summed E-state index contributed by atoms with van der Waals surface area (Å²) in [6.45, 7) is 14.0. The van der Waals surface area contributed by atoms with Crippen molar-refractivity contribution in [3.8, 4) is 0 Å². The second-order valence-electron chi connectivity index (χ2n) is 14.5. The van der Waals surface area contributed by atoms with Gasteiger partial charge in [-0.2, -0.15) is 0 Å². The first-order valence-electron chi connectivity index (χ1n) is 17.1. The molecule has 8 nitrogen and oxygen atoms in total. The van der Waals surface area contributed by atoms with Crippen molar-refractivity contribution in [1.82, 2.24) is 21.3 Å². The normalized spacial score (nSPS) is 16.4. The van der Waals surface area contributed by atoms with E-state index >= 15 is 0 Å². The molecule has 2 aromatic carbocycles. The SMILES string of the molecule is CC(C)C[C@H](NC(=O)[C@H](CCc1ccccc1)NC(C)C)C(=O)N[C@@H](Cc1ccccc1)C(=O)N[C@@H](CC(C)C)C(=O)C1(C)CC1. The Hall–Kier alpha value is -3.52. The van der Waals surface area contributed by atoms with E-state index in [4.69, 9.17) is 0 Å². The molecule has 1 saturated carbocycles. The van der Waals surface area contributed by atoms with Crippen LogP contribution in [0, 0.1) is 17.3 Å². The third-order valence-electron chi connectivity index (χ3n) is 8.61. The highest BCUT2D eigenvalue weighted by Gasteiger charge is 2.48. The molecule has 2 aromatic rings. The van der Waals surface area contributed by atoms with Crippen LogP contribution in [0.3, 0.4) is 0 Å². The van der Waals surface area contributed by atoms with Crippen LogP contribution in [0.2, 0.25) is 0 Å². The Morgan fingerprint density at radius 3 is 1.61 bits per heavy atom. The molecule has 1 fully saturated rings. The Morgan fingerprint density at radius 2 is 1.09 bits per heavy atom. The van der Waals surface area contributed by atoms with E-state index in [2.05, 4.69) is 21.3 Å². The van der Waals surface area contributed by atoms with Gasteiger partial charge in [0.2, 0.25) is 17.7 Å². The fourth-order valence-corrected chi connectivity index (χ4v) is 5.78. The lowest BCUT2D eigenvalue weighted by Crippen LogP contribution is -2.58. The predicted molar refractivity (Wildman–Crippen MR) is 184 cm³/mol. The van der Waals surface area contributed by atoms with Crippen molar-refractivity contribution in [3.05, 3.63) is 71.8 Å². The number of carbonyl (C=O) groups is 4. The van der Waals surface area contributed by atoms with Crippen LogP contribution in [0.15, 0.2) is 60.7 Å². The van der Waals surface area contributed by atoms with Gasteiger partial charge < -0.3 is 21.3 Å². The zero-order valence-electron chi connectivity index (χ0n) is 28.9. The maximum atomic E-state index is 13.9. The Bertz CT molecular complexity index is 1270. The number of ketones is 1. The van der Waals surface area contributed by atoms with Gasteiger partial charge in [-0.3, -0.25) is 19.2 Å². The van der Waals surface area contributed by atoms with Gasteiger partial charge in [-0.05, 0) is 61.5 Å². The largest absolute Gasteiger partial charge is 0.344 e. The summed E-state index contributed by atoms with van der Waals surface area (Å²) in [4.78, 5) is 54.8. The molecule has 0 saturated heterocycles. The Morgan fingerprint density at radius 1 is 0.630 bits per heavy atom. The number of carbonyl (C=O) groups excluding carboxylic acids is 4. The second-order valence-corrected chi connectivity index (χ2v) is 14.5. The molecule has 1 aliphatic rings. The van der Waals surface area contributed by atoms with Gasteiger partial charge in [-0.15, -0.1) is 0 Å². The van der Waals surface area contributed by atoms with E-state index in [1.807, 2.05) is 109 Å². The minimum absolute atomic E-state index is 0.0588. The molecule has 0 aromatic heterocycles. The lowest BCUT2D eigenvalue weighted by Gasteiger charge is -2.28. The third-order valence-corrected chi connectivity index (χ3v) is 8.61. The average molecular weight is 633 g/mol. The zero-order chi connectivity index (χ0) is 33.9. The van der Waals surface area contributed by atoms with Crippen molar-refractivity contribution in [2.75, 3.05) is 0 Å². The molecule has 0 aliphatic heterocycles. The summed E-state index contributed by atoms with van der Waals surface area (Å²) in [5.74, 6) is -0.662. The first-order chi connectivity index (χ1) is 21.8.